The molecule has 0 bridgehead atoms. The number of nitrogens with one attached hydrogen (secondary N) is 2. The molecule has 26 heavy (non-hydrogen) atoms. The van der Waals surface area contributed by atoms with Crippen LogP contribution in [0.15, 0.2) is 47.5 Å². The predicted octanol–water partition coefficient (Wildman–Crippen LogP) is 3.85. The Hall–Kier alpha value is -2.84. The molecule has 2 N–H and O–H groups in total. The minimum absolute atomic E-state index is 0.304. The molecule has 1 saturated heterocycles. The molecular weight excluding hydrogens is 324 g/mol. The molecule has 0 atom stereocenters. The average Bonchev–Trinajstić information content (AvgIpc) is 2.67. The molecule has 1 fully saturated rings. The highest BCUT2D eigenvalue weighted by molar-refractivity contribution is 6.10. The Labute approximate surface area is 153 Å². The second-order valence-electron chi connectivity index (χ2n) is 6.94. The number of nitriles is 1. The van der Waals surface area contributed by atoms with Crippen molar-refractivity contribution in [2.24, 2.45) is 4.99 Å². The summed E-state index contributed by atoms with van der Waals surface area (Å²) in [4.78, 5) is 4.93. The van der Waals surface area contributed by atoms with E-state index >= 15 is 0 Å². The molecule has 2 aromatic rings. The van der Waals surface area contributed by atoms with Crippen molar-refractivity contribution in [1.82, 2.24) is 0 Å². The van der Waals surface area contributed by atoms with Crippen LogP contribution in [-0.4, -0.2) is 24.6 Å². The van der Waals surface area contributed by atoms with Gasteiger partial charge in [0, 0.05) is 26.1 Å². The highest BCUT2D eigenvalue weighted by atomic mass is 16.5. The van der Waals surface area contributed by atoms with E-state index in [1.165, 1.54) is 11.1 Å². The molecular formula is C21H22N4O. The molecule has 4 rings (SSSR count). The van der Waals surface area contributed by atoms with Crippen LogP contribution in [0, 0.1) is 18.3 Å². The Balaban J connectivity index is 1.71. The molecule has 0 aromatic heterocycles. The van der Waals surface area contributed by atoms with Gasteiger partial charge in [0.15, 0.2) is 0 Å². The van der Waals surface area contributed by atoms with Gasteiger partial charge >= 0.3 is 0 Å². The highest BCUT2D eigenvalue weighted by Gasteiger charge is 2.42. The predicted molar refractivity (Wildman–Crippen MR) is 104 cm³/mol. The van der Waals surface area contributed by atoms with Crippen LogP contribution in [-0.2, 0) is 11.3 Å². The number of amidine groups is 1. The fourth-order valence-electron chi connectivity index (χ4n) is 3.68. The van der Waals surface area contributed by atoms with Crippen LogP contribution < -0.4 is 10.6 Å². The van der Waals surface area contributed by atoms with E-state index < -0.39 is 0 Å². The first-order valence-electron chi connectivity index (χ1n) is 8.97. The third-order valence-corrected chi connectivity index (χ3v) is 5.10. The third-order valence-electron chi connectivity index (χ3n) is 5.10. The number of para-hydroxylation sites is 1. The zero-order chi connectivity index (χ0) is 18.0. The molecule has 0 unspecified atom stereocenters. The Morgan fingerprint density at radius 3 is 2.77 bits per heavy atom. The van der Waals surface area contributed by atoms with E-state index in [4.69, 9.17) is 9.73 Å². The first-order chi connectivity index (χ1) is 12.7. The number of ether oxygens (including phenoxy) is 1. The standard InChI is InChI=1S/C21H22N4O/c1-15-4-2-5-16(12-15)14-23-20-21(8-10-26-11-9-21)25-19-17(13-22)6-3-7-18(19)24-20/h2-7,12,25H,8-11,14H2,1H3,(H,23,24). The second-order valence-corrected chi connectivity index (χ2v) is 6.94. The first-order valence-corrected chi connectivity index (χ1v) is 8.97. The van der Waals surface area contributed by atoms with Crippen molar-refractivity contribution in [3.05, 3.63) is 59.2 Å². The molecule has 132 valence electrons. The summed E-state index contributed by atoms with van der Waals surface area (Å²) in [5.41, 5.74) is 4.55. The molecule has 0 radical (unpaired) electrons. The van der Waals surface area contributed by atoms with Gasteiger partial charge in [0.05, 0.1) is 29.0 Å². The fourth-order valence-corrected chi connectivity index (χ4v) is 3.68. The minimum atomic E-state index is -0.304. The summed E-state index contributed by atoms with van der Waals surface area (Å²) in [5.74, 6) is 0.935. The molecule has 5 nitrogen and oxygen atoms in total. The second kappa shape index (κ2) is 6.81. The van der Waals surface area contributed by atoms with Crippen LogP contribution >= 0.6 is 0 Å². The molecule has 0 aliphatic carbocycles. The van der Waals surface area contributed by atoms with Crippen LogP contribution in [0.25, 0.3) is 0 Å². The van der Waals surface area contributed by atoms with Gasteiger partial charge in [-0.25, -0.2) is 0 Å². The van der Waals surface area contributed by atoms with Crippen LogP contribution in [0.4, 0.5) is 11.4 Å². The molecule has 2 aliphatic rings. The Morgan fingerprint density at radius 2 is 2.00 bits per heavy atom. The lowest BCUT2D eigenvalue weighted by molar-refractivity contribution is 0.0778. The van der Waals surface area contributed by atoms with Gasteiger partial charge in [0.1, 0.15) is 11.9 Å². The van der Waals surface area contributed by atoms with E-state index in [1.807, 2.05) is 18.2 Å². The van der Waals surface area contributed by atoms with E-state index in [1.54, 1.807) is 0 Å². The first kappa shape index (κ1) is 16.6. The molecule has 1 spiro atoms. The third kappa shape index (κ3) is 3.04. The monoisotopic (exact) mass is 346 g/mol. The summed E-state index contributed by atoms with van der Waals surface area (Å²) >= 11 is 0. The van der Waals surface area contributed by atoms with Gasteiger partial charge in [-0.05, 0) is 24.6 Å². The minimum Gasteiger partial charge on any atom is -0.381 e. The van der Waals surface area contributed by atoms with Gasteiger partial charge in [0.25, 0.3) is 0 Å². The SMILES string of the molecule is Cc1cccc(CN=C2Nc3cccc(C#N)c3NC23CCOCC3)c1. The molecule has 0 amide bonds. The van der Waals surface area contributed by atoms with Crippen LogP contribution in [0.2, 0.25) is 0 Å². The van der Waals surface area contributed by atoms with Crippen molar-refractivity contribution in [3.8, 4) is 6.07 Å². The summed E-state index contributed by atoms with van der Waals surface area (Å²) < 4.78 is 5.58. The van der Waals surface area contributed by atoms with Gasteiger partial charge in [-0.2, -0.15) is 5.26 Å². The zero-order valence-electron chi connectivity index (χ0n) is 14.9. The fraction of sp³-hybridized carbons (Fsp3) is 0.333. The molecule has 2 aliphatic heterocycles. The van der Waals surface area contributed by atoms with Crippen molar-refractivity contribution in [2.75, 3.05) is 23.8 Å². The van der Waals surface area contributed by atoms with Crippen molar-refractivity contribution in [3.63, 3.8) is 0 Å². The van der Waals surface area contributed by atoms with Crippen LogP contribution in [0.5, 0.6) is 0 Å². The van der Waals surface area contributed by atoms with E-state index in [0.717, 1.165) is 30.1 Å². The van der Waals surface area contributed by atoms with Gasteiger partial charge in [-0.1, -0.05) is 35.9 Å². The van der Waals surface area contributed by atoms with Crippen LogP contribution in [0.1, 0.15) is 29.5 Å². The molecule has 2 aromatic carbocycles. The Bertz CT molecular complexity index is 891. The van der Waals surface area contributed by atoms with E-state index in [0.29, 0.717) is 25.3 Å². The summed E-state index contributed by atoms with van der Waals surface area (Å²) in [6, 6.07) is 16.4. The largest absolute Gasteiger partial charge is 0.381 e. The highest BCUT2D eigenvalue weighted by Crippen LogP contribution is 2.38. The lowest BCUT2D eigenvalue weighted by atomic mass is 9.85. The van der Waals surface area contributed by atoms with E-state index in [-0.39, 0.29) is 5.54 Å². The smallest absolute Gasteiger partial charge is 0.127 e. The normalized spacial score (nSPS) is 19.3. The number of hydrogen-bond donors (Lipinski definition) is 2. The lowest BCUT2D eigenvalue weighted by Gasteiger charge is -2.44. The van der Waals surface area contributed by atoms with Crippen molar-refractivity contribution < 1.29 is 4.74 Å². The topological polar surface area (TPSA) is 69.4 Å². The maximum atomic E-state index is 9.45. The number of rotatable bonds is 2. The molecule has 0 saturated carbocycles. The van der Waals surface area contributed by atoms with E-state index in [2.05, 4.69) is 47.9 Å². The quantitative estimate of drug-likeness (QED) is 0.866. The number of hydrogen-bond acceptors (Lipinski definition) is 4. The Morgan fingerprint density at radius 1 is 1.19 bits per heavy atom. The van der Waals surface area contributed by atoms with Crippen molar-refractivity contribution in [2.45, 2.75) is 31.8 Å². The Kier molecular flexibility index (Phi) is 4.36. The van der Waals surface area contributed by atoms with E-state index in [9.17, 15) is 5.26 Å². The molecule has 5 heteroatoms. The van der Waals surface area contributed by atoms with Crippen molar-refractivity contribution >= 4 is 17.2 Å². The molecule has 2 heterocycles. The van der Waals surface area contributed by atoms with Crippen LogP contribution in [0.3, 0.4) is 0 Å². The maximum absolute atomic E-state index is 9.45. The number of anilines is 2. The van der Waals surface area contributed by atoms with Gasteiger partial charge < -0.3 is 15.4 Å². The van der Waals surface area contributed by atoms with Gasteiger partial charge in [-0.3, -0.25) is 4.99 Å². The van der Waals surface area contributed by atoms with Crippen molar-refractivity contribution in [1.29, 1.82) is 5.26 Å². The lowest BCUT2D eigenvalue weighted by Crippen LogP contribution is -2.56. The summed E-state index contributed by atoms with van der Waals surface area (Å²) in [7, 11) is 0. The van der Waals surface area contributed by atoms with Gasteiger partial charge in [-0.15, -0.1) is 0 Å². The maximum Gasteiger partial charge on any atom is 0.127 e. The number of benzene rings is 2. The number of aryl methyl sites for hydroxylation is 1. The summed E-state index contributed by atoms with van der Waals surface area (Å²) in [5, 5.41) is 16.6. The summed E-state index contributed by atoms with van der Waals surface area (Å²) in [6.07, 6.45) is 1.65. The number of fused-ring (bicyclic) bond motifs is 1. The zero-order valence-corrected chi connectivity index (χ0v) is 14.9. The number of nitrogens with zero attached hydrogens (tertiary/aromatic N) is 2. The summed E-state index contributed by atoms with van der Waals surface area (Å²) in [6.45, 7) is 4.09. The van der Waals surface area contributed by atoms with Gasteiger partial charge in [0.2, 0.25) is 0 Å². The number of aliphatic imine (C=N–C) groups is 1. The average molecular weight is 346 g/mol.